The van der Waals surface area contributed by atoms with Gasteiger partial charge in [0, 0.05) is 12.2 Å². The van der Waals surface area contributed by atoms with Crippen LogP contribution in [0.5, 0.6) is 0 Å². The van der Waals surface area contributed by atoms with Gasteiger partial charge in [0.2, 0.25) is 0 Å². The first-order valence-corrected chi connectivity index (χ1v) is 7.51. The Kier molecular flexibility index (Phi) is 4.46. The molecule has 0 saturated heterocycles. The number of anilines is 1. The van der Waals surface area contributed by atoms with Crippen LogP contribution < -0.4 is 10.6 Å². The lowest BCUT2D eigenvalue weighted by Gasteiger charge is -2.26. The number of nitrogens with one attached hydrogen (secondary N) is 2. The van der Waals surface area contributed by atoms with Crippen LogP contribution in [0.3, 0.4) is 0 Å². The van der Waals surface area contributed by atoms with Gasteiger partial charge in [0.05, 0.1) is 0 Å². The largest absolute Gasteiger partial charge is 0.362 e. The summed E-state index contributed by atoms with van der Waals surface area (Å²) in [5, 5.41) is 7.32. The molecule has 1 aromatic rings. The molecule has 1 fully saturated rings. The van der Waals surface area contributed by atoms with Crippen molar-refractivity contribution in [2.45, 2.75) is 45.4 Å². The van der Waals surface area contributed by atoms with Crippen molar-refractivity contribution in [3.63, 3.8) is 0 Å². The first kappa shape index (κ1) is 14.3. The zero-order valence-electron chi connectivity index (χ0n) is 12.1. The molecule has 1 aliphatic rings. The van der Waals surface area contributed by atoms with Crippen molar-refractivity contribution in [2.75, 3.05) is 11.9 Å². The molecule has 0 bridgehead atoms. The van der Waals surface area contributed by atoms with E-state index in [2.05, 4.69) is 55.7 Å². The van der Waals surface area contributed by atoms with Gasteiger partial charge in [-0.2, -0.15) is 0 Å². The lowest BCUT2D eigenvalue weighted by molar-refractivity contribution is 0.316. The Hall–Kier alpha value is -1.09. The summed E-state index contributed by atoms with van der Waals surface area (Å²) < 4.78 is 0. The number of hydrogen-bond donors (Lipinski definition) is 2. The fraction of sp³-hybridized carbons (Fsp3) is 0.562. The van der Waals surface area contributed by atoms with E-state index in [1.54, 1.807) is 0 Å². The molecule has 0 aromatic heterocycles. The van der Waals surface area contributed by atoms with Crippen LogP contribution in [0.2, 0.25) is 0 Å². The molecule has 0 spiro atoms. The van der Waals surface area contributed by atoms with Crippen molar-refractivity contribution < 1.29 is 0 Å². The second-order valence-electron chi connectivity index (χ2n) is 6.46. The molecule has 0 heterocycles. The first-order valence-electron chi connectivity index (χ1n) is 7.10. The molecule has 0 amide bonds. The van der Waals surface area contributed by atoms with E-state index >= 15 is 0 Å². The highest BCUT2D eigenvalue weighted by Gasteiger charge is 2.17. The van der Waals surface area contributed by atoms with E-state index in [4.69, 9.17) is 12.2 Å². The summed E-state index contributed by atoms with van der Waals surface area (Å²) in [5.74, 6) is 0.820. The van der Waals surface area contributed by atoms with Gasteiger partial charge in [-0.25, -0.2) is 0 Å². The summed E-state index contributed by atoms with van der Waals surface area (Å²) in [6.07, 6.45) is 4.06. The molecule has 0 radical (unpaired) electrons. The van der Waals surface area contributed by atoms with Crippen molar-refractivity contribution in [1.29, 1.82) is 0 Å². The van der Waals surface area contributed by atoms with Gasteiger partial charge < -0.3 is 10.6 Å². The molecule has 2 rings (SSSR count). The average Bonchev–Trinajstić information content (AvgIpc) is 2.26. The van der Waals surface area contributed by atoms with E-state index in [9.17, 15) is 0 Å². The first-order chi connectivity index (χ1) is 8.95. The normalized spacial score (nSPS) is 15.7. The minimum atomic E-state index is 0.165. The van der Waals surface area contributed by atoms with Crippen LogP contribution >= 0.6 is 12.2 Å². The Balaban J connectivity index is 1.89. The second kappa shape index (κ2) is 5.91. The molecule has 104 valence electrons. The third-order valence-corrected chi connectivity index (χ3v) is 4.01. The maximum Gasteiger partial charge on any atom is 0.170 e. The van der Waals surface area contributed by atoms with Gasteiger partial charge in [-0.1, -0.05) is 39.3 Å². The number of hydrogen-bond acceptors (Lipinski definition) is 1. The summed E-state index contributed by atoms with van der Waals surface area (Å²) in [7, 11) is 0. The predicted molar refractivity (Wildman–Crippen MR) is 86.7 cm³/mol. The summed E-state index contributed by atoms with van der Waals surface area (Å²) in [5.41, 5.74) is 2.55. The van der Waals surface area contributed by atoms with Crippen LogP contribution in [0.1, 0.15) is 45.6 Å². The third-order valence-electron chi connectivity index (χ3n) is 3.76. The highest BCUT2D eigenvalue weighted by atomic mass is 32.1. The van der Waals surface area contributed by atoms with Crippen molar-refractivity contribution in [3.8, 4) is 0 Å². The average molecular weight is 276 g/mol. The second-order valence-corrected chi connectivity index (χ2v) is 6.87. The van der Waals surface area contributed by atoms with Crippen LogP contribution in [0.4, 0.5) is 5.69 Å². The van der Waals surface area contributed by atoms with Crippen molar-refractivity contribution >= 4 is 23.0 Å². The molecule has 0 atom stereocenters. The fourth-order valence-electron chi connectivity index (χ4n) is 2.17. The zero-order valence-corrected chi connectivity index (χ0v) is 12.9. The maximum atomic E-state index is 5.34. The van der Waals surface area contributed by atoms with Gasteiger partial charge in [0.15, 0.2) is 5.11 Å². The smallest absolute Gasteiger partial charge is 0.170 e. The lowest BCUT2D eigenvalue weighted by Crippen LogP contribution is -2.35. The van der Waals surface area contributed by atoms with Crippen LogP contribution in [-0.2, 0) is 5.41 Å². The van der Waals surface area contributed by atoms with Gasteiger partial charge in [0.1, 0.15) is 0 Å². The Morgan fingerprint density at radius 3 is 2.63 bits per heavy atom. The highest BCUT2D eigenvalue weighted by Crippen LogP contribution is 2.26. The van der Waals surface area contributed by atoms with Gasteiger partial charge in [0.25, 0.3) is 0 Å². The minimum absolute atomic E-state index is 0.165. The standard InChI is InChI=1S/C16H24N2S/c1-16(2,3)13-8-5-9-14(10-13)18-15(19)17-11-12-6-4-7-12/h5,8-10,12H,4,6-7,11H2,1-3H3,(H2,17,18,19). The van der Waals surface area contributed by atoms with Crippen LogP contribution in [0.15, 0.2) is 24.3 Å². The third kappa shape index (κ3) is 4.20. The number of benzene rings is 1. The molecular weight excluding hydrogens is 252 g/mol. The Morgan fingerprint density at radius 2 is 2.05 bits per heavy atom. The van der Waals surface area contributed by atoms with Crippen LogP contribution in [-0.4, -0.2) is 11.7 Å². The van der Waals surface area contributed by atoms with Crippen molar-refractivity contribution in [1.82, 2.24) is 5.32 Å². The van der Waals surface area contributed by atoms with E-state index in [1.807, 2.05) is 0 Å². The molecule has 1 aromatic carbocycles. The molecule has 1 saturated carbocycles. The van der Waals surface area contributed by atoms with Gasteiger partial charge >= 0.3 is 0 Å². The Bertz CT molecular complexity index is 444. The van der Waals surface area contributed by atoms with Gasteiger partial charge in [-0.3, -0.25) is 0 Å². The molecule has 3 heteroatoms. The molecule has 1 aliphatic carbocycles. The summed E-state index contributed by atoms with van der Waals surface area (Å²) in [6.45, 7) is 7.67. The maximum absolute atomic E-state index is 5.34. The quantitative estimate of drug-likeness (QED) is 0.814. The van der Waals surface area contributed by atoms with E-state index in [0.29, 0.717) is 0 Å². The van der Waals surface area contributed by atoms with Crippen molar-refractivity contribution in [3.05, 3.63) is 29.8 Å². The van der Waals surface area contributed by atoms with Crippen molar-refractivity contribution in [2.24, 2.45) is 5.92 Å². The van der Waals surface area contributed by atoms with Crippen LogP contribution in [0.25, 0.3) is 0 Å². The summed E-state index contributed by atoms with van der Waals surface area (Å²) in [4.78, 5) is 0. The van der Waals surface area contributed by atoms with Crippen LogP contribution in [0, 0.1) is 5.92 Å². The predicted octanol–water partition coefficient (Wildman–Crippen LogP) is 4.07. The topological polar surface area (TPSA) is 24.1 Å². The van der Waals surface area contributed by atoms with Gasteiger partial charge in [-0.15, -0.1) is 0 Å². The van der Waals surface area contributed by atoms with Gasteiger partial charge in [-0.05, 0) is 54.1 Å². The zero-order chi connectivity index (χ0) is 13.9. The Morgan fingerprint density at radius 1 is 1.32 bits per heavy atom. The van der Waals surface area contributed by atoms with E-state index in [1.165, 1.54) is 24.8 Å². The molecule has 2 nitrogen and oxygen atoms in total. The molecule has 0 aliphatic heterocycles. The summed E-state index contributed by atoms with van der Waals surface area (Å²) >= 11 is 5.34. The fourth-order valence-corrected chi connectivity index (χ4v) is 2.37. The number of rotatable bonds is 3. The minimum Gasteiger partial charge on any atom is -0.362 e. The van der Waals surface area contributed by atoms with E-state index in [-0.39, 0.29) is 5.41 Å². The monoisotopic (exact) mass is 276 g/mol. The molecule has 0 unspecified atom stereocenters. The number of thiocarbonyl (C=S) groups is 1. The molecule has 2 N–H and O–H groups in total. The van der Waals surface area contributed by atoms with E-state index < -0.39 is 0 Å². The lowest BCUT2D eigenvalue weighted by atomic mass is 9.85. The van der Waals surface area contributed by atoms with E-state index in [0.717, 1.165) is 23.3 Å². The Labute approximate surface area is 122 Å². The highest BCUT2D eigenvalue weighted by molar-refractivity contribution is 7.80. The molecular formula is C16H24N2S. The molecule has 19 heavy (non-hydrogen) atoms. The SMILES string of the molecule is CC(C)(C)c1cccc(NC(=S)NCC2CCC2)c1. The summed E-state index contributed by atoms with van der Waals surface area (Å²) in [6, 6.07) is 8.48.